The third-order valence-electron chi connectivity index (χ3n) is 1.42. The third kappa shape index (κ3) is 5.70. The van der Waals surface area contributed by atoms with E-state index >= 15 is 0 Å². The number of ether oxygens (including phenoxy) is 1. The highest BCUT2D eigenvalue weighted by Crippen LogP contribution is 1.96. The summed E-state index contributed by atoms with van der Waals surface area (Å²) in [6, 6.07) is 0. The predicted molar refractivity (Wildman–Crippen MR) is 60.6 cm³/mol. The Hall–Kier alpha value is -1.10. The van der Waals surface area contributed by atoms with Crippen molar-refractivity contribution in [2.45, 2.75) is 20.8 Å². The second-order valence-electron chi connectivity index (χ2n) is 3.41. The van der Waals surface area contributed by atoms with E-state index in [9.17, 15) is 9.59 Å². The van der Waals surface area contributed by atoms with Gasteiger partial charge in [0.15, 0.2) is 0 Å². The summed E-state index contributed by atoms with van der Waals surface area (Å²) < 4.78 is 4.66. The quantitative estimate of drug-likeness (QED) is 0.225. The second kappa shape index (κ2) is 8.10. The highest BCUT2D eigenvalue weighted by Gasteiger charge is 2.21. The van der Waals surface area contributed by atoms with Gasteiger partial charge in [0.2, 0.25) is 11.5 Å². The molecule has 0 rings (SSSR count). The van der Waals surface area contributed by atoms with Gasteiger partial charge < -0.3 is 9.57 Å². The molecule has 0 N–H and O–H groups in total. The number of nitrogens with zero attached hydrogens (tertiary/aromatic N) is 1. The van der Waals surface area contributed by atoms with Crippen molar-refractivity contribution in [2.75, 3.05) is 19.1 Å². The molecule has 0 aliphatic heterocycles. The number of halogens is 1. The standard InChI is InChI=1S/C10H16ClNO4/c1-4-15-10(14)9(8(13)5-11)12-16-6-7(2)3/h7H,4-6H2,1-3H3. The number of alkyl halides is 1. The number of rotatable bonds is 7. The van der Waals surface area contributed by atoms with Gasteiger partial charge in [0.05, 0.1) is 12.5 Å². The van der Waals surface area contributed by atoms with E-state index in [-0.39, 0.29) is 18.4 Å². The van der Waals surface area contributed by atoms with Crippen LogP contribution in [0, 0.1) is 5.92 Å². The molecule has 92 valence electrons. The van der Waals surface area contributed by atoms with Gasteiger partial charge in [0, 0.05) is 0 Å². The minimum atomic E-state index is -0.808. The van der Waals surface area contributed by atoms with E-state index in [1.54, 1.807) is 6.92 Å². The monoisotopic (exact) mass is 249 g/mol. The Labute approximate surface area is 99.7 Å². The van der Waals surface area contributed by atoms with Crippen LogP contribution >= 0.6 is 11.6 Å². The van der Waals surface area contributed by atoms with E-state index in [0.717, 1.165) is 0 Å². The summed E-state index contributed by atoms with van der Waals surface area (Å²) in [7, 11) is 0. The topological polar surface area (TPSA) is 65.0 Å². The Morgan fingerprint density at radius 1 is 1.38 bits per heavy atom. The largest absolute Gasteiger partial charge is 0.461 e. The third-order valence-corrected chi connectivity index (χ3v) is 1.66. The van der Waals surface area contributed by atoms with E-state index in [2.05, 4.69) is 9.89 Å². The Kier molecular flexibility index (Phi) is 7.54. The molecule has 5 nitrogen and oxygen atoms in total. The number of carbonyl (C=O) groups is 2. The molecule has 0 bridgehead atoms. The van der Waals surface area contributed by atoms with Crippen molar-refractivity contribution in [3.8, 4) is 0 Å². The maximum absolute atomic E-state index is 11.3. The number of Topliss-reactive ketones (excluding diaryl/α,β-unsaturated/α-hetero) is 1. The fourth-order valence-corrected chi connectivity index (χ4v) is 0.842. The Morgan fingerprint density at radius 3 is 2.44 bits per heavy atom. The Bertz CT molecular complexity index is 276. The van der Waals surface area contributed by atoms with Gasteiger partial charge in [-0.25, -0.2) is 4.79 Å². The van der Waals surface area contributed by atoms with Gasteiger partial charge in [-0.1, -0.05) is 19.0 Å². The summed E-state index contributed by atoms with van der Waals surface area (Å²) in [5.41, 5.74) is -0.391. The van der Waals surface area contributed by atoms with Crippen molar-refractivity contribution in [3.63, 3.8) is 0 Å². The molecule has 0 atom stereocenters. The van der Waals surface area contributed by atoms with Gasteiger partial charge in [0.1, 0.15) is 6.61 Å². The van der Waals surface area contributed by atoms with Crippen LogP contribution in [0.25, 0.3) is 0 Å². The summed E-state index contributed by atoms with van der Waals surface area (Å²) in [5.74, 6) is -1.50. The molecule has 0 spiro atoms. The van der Waals surface area contributed by atoms with Crippen LogP contribution in [0.1, 0.15) is 20.8 Å². The summed E-state index contributed by atoms with van der Waals surface area (Å²) in [4.78, 5) is 27.4. The lowest BCUT2D eigenvalue weighted by molar-refractivity contribution is -0.136. The first-order valence-corrected chi connectivity index (χ1v) is 5.52. The zero-order valence-corrected chi connectivity index (χ0v) is 10.4. The van der Waals surface area contributed by atoms with E-state index in [1.165, 1.54) is 0 Å². The molecular weight excluding hydrogens is 234 g/mol. The minimum Gasteiger partial charge on any atom is -0.461 e. The van der Waals surface area contributed by atoms with E-state index in [4.69, 9.17) is 16.4 Å². The number of carbonyl (C=O) groups excluding carboxylic acids is 2. The fraction of sp³-hybridized carbons (Fsp3) is 0.700. The van der Waals surface area contributed by atoms with Gasteiger partial charge in [-0.15, -0.1) is 11.6 Å². The van der Waals surface area contributed by atoms with Crippen LogP contribution in [0.3, 0.4) is 0 Å². The Morgan fingerprint density at radius 2 is 2.00 bits per heavy atom. The van der Waals surface area contributed by atoms with E-state index in [0.29, 0.717) is 6.61 Å². The number of hydrogen-bond acceptors (Lipinski definition) is 5. The van der Waals surface area contributed by atoms with Crippen LogP contribution in [-0.2, 0) is 19.2 Å². The van der Waals surface area contributed by atoms with Crippen LogP contribution in [-0.4, -0.2) is 36.6 Å². The lowest BCUT2D eigenvalue weighted by Crippen LogP contribution is -2.28. The molecule has 0 aromatic rings. The molecule has 0 radical (unpaired) electrons. The molecular formula is C10H16ClNO4. The number of hydrogen-bond donors (Lipinski definition) is 0. The molecule has 6 heteroatoms. The highest BCUT2D eigenvalue weighted by molar-refractivity contribution is 6.67. The molecule has 0 aromatic heterocycles. The average Bonchev–Trinajstić information content (AvgIpc) is 2.23. The van der Waals surface area contributed by atoms with Crippen LogP contribution in [0.15, 0.2) is 5.16 Å². The summed E-state index contributed by atoms with van der Waals surface area (Å²) in [6.45, 7) is 5.96. The zero-order chi connectivity index (χ0) is 12.6. The number of oxime groups is 1. The molecule has 0 aliphatic carbocycles. The van der Waals surface area contributed by atoms with Gasteiger partial charge in [-0.05, 0) is 12.8 Å². The molecule has 0 amide bonds. The predicted octanol–water partition coefficient (Wildman–Crippen LogP) is 1.39. The molecule has 0 heterocycles. The van der Waals surface area contributed by atoms with Gasteiger partial charge in [-0.3, -0.25) is 4.79 Å². The van der Waals surface area contributed by atoms with Crippen molar-refractivity contribution < 1.29 is 19.2 Å². The Balaban J connectivity index is 4.53. The highest BCUT2D eigenvalue weighted by atomic mass is 35.5. The normalized spacial score (nSPS) is 11.4. The molecule has 0 saturated heterocycles. The van der Waals surface area contributed by atoms with Crippen LogP contribution in [0.4, 0.5) is 0 Å². The molecule has 0 aromatic carbocycles. The summed E-state index contributed by atoms with van der Waals surface area (Å²) in [5, 5.41) is 3.46. The van der Waals surface area contributed by atoms with Crippen molar-refractivity contribution in [1.29, 1.82) is 0 Å². The van der Waals surface area contributed by atoms with E-state index in [1.807, 2.05) is 13.8 Å². The molecule has 0 aliphatic rings. The summed E-state index contributed by atoms with van der Waals surface area (Å²) in [6.07, 6.45) is 0. The van der Waals surface area contributed by atoms with Crippen LogP contribution in [0.2, 0.25) is 0 Å². The smallest absolute Gasteiger partial charge is 0.364 e. The van der Waals surface area contributed by atoms with Crippen molar-refractivity contribution in [3.05, 3.63) is 0 Å². The van der Waals surface area contributed by atoms with Crippen molar-refractivity contribution in [1.82, 2.24) is 0 Å². The molecule has 0 saturated carbocycles. The van der Waals surface area contributed by atoms with Crippen molar-refractivity contribution >= 4 is 29.1 Å². The first-order valence-electron chi connectivity index (χ1n) is 4.99. The minimum absolute atomic E-state index is 0.164. The van der Waals surface area contributed by atoms with Gasteiger partial charge in [0.25, 0.3) is 0 Å². The lowest BCUT2D eigenvalue weighted by Gasteiger charge is -2.05. The average molecular weight is 250 g/mol. The van der Waals surface area contributed by atoms with Gasteiger partial charge >= 0.3 is 5.97 Å². The first kappa shape index (κ1) is 14.9. The van der Waals surface area contributed by atoms with Crippen LogP contribution in [0.5, 0.6) is 0 Å². The second-order valence-corrected chi connectivity index (χ2v) is 3.67. The summed E-state index contributed by atoms with van der Waals surface area (Å²) >= 11 is 5.34. The molecule has 0 fully saturated rings. The first-order chi connectivity index (χ1) is 7.52. The zero-order valence-electron chi connectivity index (χ0n) is 9.66. The van der Waals surface area contributed by atoms with Crippen LogP contribution < -0.4 is 0 Å². The molecule has 0 unspecified atom stereocenters. The SMILES string of the molecule is CCOC(=O)C(=NOCC(C)C)C(=O)CCl. The fourth-order valence-electron chi connectivity index (χ4n) is 0.716. The lowest BCUT2D eigenvalue weighted by atomic mass is 10.2. The molecule has 16 heavy (non-hydrogen) atoms. The van der Waals surface area contributed by atoms with E-state index < -0.39 is 17.5 Å². The maximum Gasteiger partial charge on any atom is 0.364 e. The number of ketones is 1. The maximum atomic E-state index is 11.3. The van der Waals surface area contributed by atoms with Gasteiger partial charge in [-0.2, -0.15) is 0 Å². The van der Waals surface area contributed by atoms with Crippen molar-refractivity contribution in [2.24, 2.45) is 11.1 Å². The number of esters is 1.